The van der Waals surface area contributed by atoms with Crippen LogP contribution < -0.4 is 9.80 Å². The van der Waals surface area contributed by atoms with E-state index in [4.69, 9.17) is 0 Å². The molecule has 4 heteroatoms. The van der Waals surface area contributed by atoms with Gasteiger partial charge in [-0.15, -0.1) is 11.3 Å². The molecule has 0 radical (unpaired) electrons. The van der Waals surface area contributed by atoms with E-state index >= 15 is 0 Å². The fourth-order valence-electron chi connectivity index (χ4n) is 8.39. The van der Waals surface area contributed by atoms with E-state index in [1.165, 1.54) is 47.2 Å². The summed E-state index contributed by atoms with van der Waals surface area (Å²) in [6.45, 7) is 0. The lowest BCUT2D eigenvalue weighted by Gasteiger charge is -2.33. The number of hydrogen-bond acceptors (Lipinski definition) is 3. The number of rotatable bonds is 7. The maximum absolute atomic E-state index is 2.41. The topological polar surface area (TPSA) is 11.4 Å². The van der Waals surface area contributed by atoms with Crippen molar-refractivity contribution in [3.8, 4) is 5.69 Å². The molecule has 0 spiro atoms. The molecule has 2 aromatic heterocycles. The number of aromatic nitrogens is 1. The Kier molecular flexibility index (Phi) is 7.68. The normalized spacial score (nSPS) is 11.6. The number of anilines is 6. The molecule has 0 bridgehead atoms. The number of thiophene rings is 1. The van der Waals surface area contributed by atoms with Crippen LogP contribution in [-0.4, -0.2) is 4.57 Å². The van der Waals surface area contributed by atoms with Crippen LogP contribution in [0.2, 0.25) is 0 Å². The molecule has 0 N–H and O–H groups in total. The molecule has 11 rings (SSSR count). The van der Waals surface area contributed by atoms with Crippen molar-refractivity contribution in [1.29, 1.82) is 0 Å². The Bertz CT molecular complexity index is 3200. The molecule has 264 valence electrons. The Labute approximate surface area is 329 Å². The Morgan fingerprint density at radius 2 is 0.821 bits per heavy atom. The largest absolute Gasteiger partial charge is 0.309 e. The van der Waals surface area contributed by atoms with Gasteiger partial charge in [-0.05, 0) is 102 Å². The lowest BCUT2D eigenvalue weighted by Crippen LogP contribution is -2.17. The third-order valence-corrected chi connectivity index (χ3v) is 12.0. The molecule has 0 aliphatic heterocycles. The van der Waals surface area contributed by atoms with Crippen molar-refractivity contribution in [1.82, 2.24) is 4.57 Å². The molecule has 0 fully saturated rings. The van der Waals surface area contributed by atoms with E-state index in [-0.39, 0.29) is 0 Å². The zero-order valence-electron chi connectivity index (χ0n) is 30.5. The zero-order valence-corrected chi connectivity index (χ0v) is 31.3. The van der Waals surface area contributed by atoms with E-state index in [9.17, 15) is 0 Å². The maximum Gasteiger partial charge on any atom is 0.0702 e. The molecule has 0 saturated carbocycles. The highest BCUT2D eigenvalue weighted by atomic mass is 32.1. The summed E-state index contributed by atoms with van der Waals surface area (Å²) < 4.78 is 4.97. The van der Waals surface area contributed by atoms with Crippen LogP contribution in [0.25, 0.3) is 58.4 Å². The molecular formula is C52H35N3S. The lowest BCUT2D eigenvalue weighted by atomic mass is 10.1. The van der Waals surface area contributed by atoms with Crippen molar-refractivity contribution in [3.63, 3.8) is 0 Å². The van der Waals surface area contributed by atoms with Gasteiger partial charge >= 0.3 is 0 Å². The second kappa shape index (κ2) is 13.3. The summed E-state index contributed by atoms with van der Waals surface area (Å²) in [6.07, 6.45) is 0. The first kappa shape index (κ1) is 32.3. The minimum atomic E-state index is 1.08. The van der Waals surface area contributed by atoms with Crippen LogP contribution in [0.1, 0.15) is 0 Å². The first-order valence-electron chi connectivity index (χ1n) is 19.0. The van der Waals surface area contributed by atoms with Gasteiger partial charge in [-0.2, -0.15) is 0 Å². The molecular weight excluding hydrogens is 699 g/mol. The summed E-state index contributed by atoms with van der Waals surface area (Å²) in [5.41, 5.74) is 10.0. The van der Waals surface area contributed by atoms with Gasteiger partial charge < -0.3 is 14.4 Å². The van der Waals surface area contributed by atoms with Gasteiger partial charge in [0.25, 0.3) is 0 Å². The smallest absolute Gasteiger partial charge is 0.0702 e. The van der Waals surface area contributed by atoms with E-state index in [1.807, 2.05) is 11.3 Å². The third-order valence-electron chi connectivity index (χ3n) is 10.9. The molecule has 2 heterocycles. The van der Waals surface area contributed by atoms with Crippen molar-refractivity contribution in [2.75, 3.05) is 9.80 Å². The van der Waals surface area contributed by atoms with Gasteiger partial charge in [-0.1, -0.05) is 121 Å². The SMILES string of the molecule is c1ccc(N(c2ccc3c(c2)sc2cc4ccccc4cc23)c2ccccc2N(c2ccccc2)c2ccc3c4ccccc4n(-c4ccccc4)c3c2)cc1. The number of nitrogens with zero attached hydrogens (tertiary/aromatic N) is 3. The number of benzene rings is 9. The van der Waals surface area contributed by atoms with Gasteiger partial charge in [0.05, 0.1) is 22.4 Å². The Morgan fingerprint density at radius 3 is 1.50 bits per heavy atom. The van der Waals surface area contributed by atoms with Gasteiger partial charge in [-0.25, -0.2) is 0 Å². The van der Waals surface area contributed by atoms with Gasteiger partial charge in [0.2, 0.25) is 0 Å². The second-order valence-electron chi connectivity index (χ2n) is 14.2. The summed E-state index contributed by atoms with van der Waals surface area (Å²) in [4.78, 5) is 4.81. The lowest BCUT2D eigenvalue weighted by molar-refractivity contribution is 1.17. The molecule has 0 aliphatic rings. The maximum atomic E-state index is 2.41. The Morgan fingerprint density at radius 1 is 0.321 bits per heavy atom. The van der Waals surface area contributed by atoms with Crippen molar-refractivity contribution >= 4 is 98.2 Å². The van der Waals surface area contributed by atoms with Crippen LogP contribution in [-0.2, 0) is 0 Å². The van der Waals surface area contributed by atoms with Gasteiger partial charge in [-0.3, -0.25) is 0 Å². The predicted molar refractivity (Wildman–Crippen MR) is 241 cm³/mol. The van der Waals surface area contributed by atoms with E-state index in [1.54, 1.807) is 0 Å². The van der Waals surface area contributed by atoms with Crippen molar-refractivity contribution in [2.45, 2.75) is 0 Å². The van der Waals surface area contributed by atoms with Gasteiger partial charge in [0.15, 0.2) is 0 Å². The standard InChI is InChI=1S/C52H35N3S/c1-4-18-38(19-5-1)53(41-28-30-44-43-24-12-13-25-47(43)55(50(44)34-41)40-22-8-3-9-23-40)48-26-14-15-27-49(48)54(39-20-6-2-7-21-39)42-29-31-45-46-32-36-16-10-11-17-37(36)33-51(46)56-52(45)35-42/h1-35H. The van der Waals surface area contributed by atoms with Crippen molar-refractivity contribution in [3.05, 3.63) is 212 Å². The van der Waals surface area contributed by atoms with Gasteiger partial charge in [0, 0.05) is 59.4 Å². The van der Waals surface area contributed by atoms with E-state index in [0.29, 0.717) is 0 Å². The molecule has 11 aromatic rings. The Balaban J connectivity index is 1.13. The average molecular weight is 734 g/mol. The summed E-state index contributed by atoms with van der Waals surface area (Å²) in [5.74, 6) is 0. The summed E-state index contributed by atoms with van der Waals surface area (Å²) in [6, 6.07) is 76.9. The van der Waals surface area contributed by atoms with Crippen LogP contribution in [0.3, 0.4) is 0 Å². The fraction of sp³-hybridized carbons (Fsp3) is 0. The van der Waals surface area contributed by atoms with E-state index < -0.39 is 0 Å². The number of para-hydroxylation sites is 6. The zero-order chi connectivity index (χ0) is 37.0. The molecule has 0 aliphatic carbocycles. The molecule has 0 amide bonds. The van der Waals surface area contributed by atoms with Gasteiger partial charge in [0.1, 0.15) is 0 Å². The third kappa shape index (κ3) is 5.34. The highest BCUT2D eigenvalue weighted by Gasteiger charge is 2.24. The van der Waals surface area contributed by atoms with Crippen LogP contribution >= 0.6 is 11.3 Å². The fourth-order valence-corrected chi connectivity index (χ4v) is 9.56. The van der Waals surface area contributed by atoms with E-state index in [2.05, 4.69) is 227 Å². The quantitative estimate of drug-likeness (QED) is 0.162. The van der Waals surface area contributed by atoms with Crippen LogP contribution in [0, 0.1) is 0 Å². The summed E-state index contributed by atoms with van der Waals surface area (Å²) in [5, 5.41) is 7.60. The average Bonchev–Trinajstić information content (AvgIpc) is 3.79. The highest BCUT2D eigenvalue weighted by molar-refractivity contribution is 7.25. The molecule has 0 atom stereocenters. The molecule has 0 saturated heterocycles. The van der Waals surface area contributed by atoms with E-state index in [0.717, 1.165) is 45.3 Å². The summed E-state index contributed by atoms with van der Waals surface area (Å²) >= 11 is 1.87. The molecule has 9 aromatic carbocycles. The molecule has 3 nitrogen and oxygen atoms in total. The van der Waals surface area contributed by atoms with Crippen LogP contribution in [0.5, 0.6) is 0 Å². The molecule has 0 unspecified atom stereocenters. The predicted octanol–water partition coefficient (Wildman–Crippen LogP) is 15.2. The molecule has 56 heavy (non-hydrogen) atoms. The van der Waals surface area contributed by atoms with Crippen LogP contribution in [0.4, 0.5) is 34.1 Å². The highest BCUT2D eigenvalue weighted by Crippen LogP contribution is 2.48. The first-order valence-corrected chi connectivity index (χ1v) is 19.8. The van der Waals surface area contributed by atoms with Crippen molar-refractivity contribution < 1.29 is 0 Å². The first-order chi connectivity index (χ1) is 27.8. The minimum Gasteiger partial charge on any atom is -0.309 e. The number of hydrogen-bond donors (Lipinski definition) is 0. The Hall–Kier alpha value is -7.14. The monoisotopic (exact) mass is 733 g/mol. The minimum absolute atomic E-state index is 1.08. The van der Waals surface area contributed by atoms with Crippen LogP contribution in [0.15, 0.2) is 212 Å². The summed E-state index contributed by atoms with van der Waals surface area (Å²) in [7, 11) is 0. The van der Waals surface area contributed by atoms with Crippen molar-refractivity contribution in [2.24, 2.45) is 0 Å². The number of fused-ring (bicyclic) bond motifs is 7. The second-order valence-corrected chi connectivity index (χ2v) is 15.3.